The van der Waals surface area contributed by atoms with Crippen molar-refractivity contribution < 1.29 is 5.11 Å². The fourth-order valence-electron chi connectivity index (χ4n) is 2.26. The number of hydrogen-bond acceptors (Lipinski definition) is 1. The van der Waals surface area contributed by atoms with Gasteiger partial charge >= 0.3 is 0 Å². The average Bonchev–Trinajstić information content (AvgIpc) is 2.26. The molecule has 1 heteroatoms. The maximum Gasteiger partial charge on any atom is 0.0434 e. The van der Waals surface area contributed by atoms with Gasteiger partial charge in [0.05, 0.1) is 0 Å². The van der Waals surface area contributed by atoms with Crippen LogP contribution in [0.15, 0.2) is 35.5 Å². The van der Waals surface area contributed by atoms with Crippen molar-refractivity contribution in [3.05, 3.63) is 35.5 Å². The van der Waals surface area contributed by atoms with Crippen LogP contribution in [-0.2, 0) is 0 Å². The summed E-state index contributed by atoms with van der Waals surface area (Å²) in [4.78, 5) is 0. The van der Waals surface area contributed by atoms with Crippen LogP contribution in [0.25, 0.3) is 0 Å². The third-order valence-electron chi connectivity index (χ3n) is 3.10. The maximum atomic E-state index is 8.77. The van der Waals surface area contributed by atoms with Gasteiger partial charge < -0.3 is 5.11 Å². The van der Waals surface area contributed by atoms with Gasteiger partial charge in [-0.25, -0.2) is 0 Å². The highest BCUT2D eigenvalue weighted by molar-refractivity contribution is 5.37. The Morgan fingerprint density at radius 1 is 1.43 bits per heavy atom. The van der Waals surface area contributed by atoms with Gasteiger partial charge in [-0.15, -0.1) is 0 Å². The van der Waals surface area contributed by atoms with Gasteiger partial charge in [-0.05, 0) is 43.6 Å². The number of aliphatic hydroxyl groups is 1. The van der Waals surface area contributed by atoms with Gasteiger partial charge in [0.2, 0.25) is 0 Å². The number of allylic oxidation sites excluding steroid dienone is 6. The summed E-state index contributed by atoms with van der Waals surface area (Å²) in [5.41, 5.74) is 2.92. The Morgan fingerprint density at radius 2 is 2.36 bits per heavy atom. The molecule has 0 aromatic rings. The molecule has 2 aliphatic rings. The molecule has 0 aliphatic heterocycles. The first-order chi connectivity index (χ1) is 6.90. The summed E-state index contributed by atoms with van der Waals surface area (Å²) >= 11 is 0. The van der Waals surface area contributed by atoms with E-state index in [0.29, 0.717) is 6.61 Å². The highest BCUT2D eigenvalue weighted by Crippen LogP contribution is 2.33. The van der Waals surface area contributed by atoms with Gasteiger partial charge in [-0.2, -0.15) is 0 Å². The third-order valence-corrected chi connectivity index (χ3v) is 3.10. The topological polar surface area (TPSA) is 20.2 Å². The van der Waals surface area contributed by atoms with Crippen LogP contribution in [0.4, 0.5) is 0 Å². The maximum absolute atomic E-state index is 8.77. The zero-order valence-corrected chi connectivity index (χ0v) is 8.58. The van der Waals surface area contributed by atoms with E-state index in [1.807, 2.05) is 0 Å². The lowest BCUT2D eigenvalue weighted by atomic mass is 9.81. The van der Waals surface area contributed by atoms with Crippen LogP contribution in [0.3, 0.4) is 0 Å². The van der Waals surface area contributed by atoms with Crippen molar-refractivity contribution in [3.8, 4) is 0 Å². The van der Waals surface area contributed by atoms with Gasteiger partial charge in [0.15, 0.2) is 0 Å². The van der Waals surface area contributed by atoms with Gasteiger partial charge in [0, 0.05) is 6.61 Å². The number of aliphatic hydroxyl groups excluding tert-OH is 1. The van der Waals surface area contributed by atoms with Crippen LogP contribution in [0.5, 0.6) is 0 Å². The summed E-state index contributed by atoms with van der Waals surface area (Å²) in [6.45, 7) is 0.305. The van der Waals surface area contributed by atoms with Crippen molar-refractivity contribution in [1.82, 2.24) is 0 Å². The molecule has 0 aromatic heterocycles. The monoisotopic (exact) mass is 190 g/mol. The minimum absolute atomic E-state index is 0.305. The van der Waals surface area contributed by atoms with Gasteiger partial charge in [-0.1, -0.05) is 29.9 Å². The van der Waals surface area contributed by atoms with E-state index < -0.39 is 0 Å². The number of rotatable bonds is 3. The summed E-state index contributed by atoms with van der Waals surface area (Å²) in [6.07, 6.45) is 14.9. The van der Waals surface area contributed by atoms with E-state index >= 15 is 0 Å². The Kier molecular flexibility index (Phi) is 3.20. The van der Waals surface area contributed by atoms with Crippen LogP contribution in [0.2, 0.25) is 0 Å². The quantitative estimate of drug-likeness (QED) is 0.725. The largest absolute Gasteiger partial charge is 0.396 e. The van der Waals surface area contributed by atoms with Crippen LogP contribution in [-0.4, -0.2) is 11.7 Å². The molecule has 14 heavy (non-hydrogen) atoms. The van der Waals surface area contributed by atoms with E-state index in [2.05, 4.69) is 24.3 Å². The Balaban J connectivity index is 2.02. The predicted molar refractivity (Wildman–Crippen MR) is 59.0 cm³/mol. The number of fused-ring (bicyclic) bond motifs is 1. The normalized spacial score (nSPS) is 25.4. The molecular weight excluding hydrogens is 172 g/mol. The van der Waals surface area contributed by atoms with E-state index in [1.54, 1.807) is 0 Å². The molecule has 2 aliphatic carbocycles. The van der Waals surface area contributed by atoms with Gasteiger partial charge in [0.1, 0.15) is 0 Å². The zero-order chi connectivity index (χ0) is 9.80. The summed E-state index contributed by atoms with van der Waals surface area (Å²) in [7, 11) is 0. The Bertz CT molecular complexity index is 284. The second-order valence-electron chi connectivity index (χ2n) is 4.16. The standard InChI is InChI=1S/C13H18O/c14-9-3-4-11-7-8-12-5-1-2-6-13(12)10-11/h2,6-7,10,12,14H,1,3-5,8-9H2. The lowest BCUT2D eigenvalue weighted by Gasteiger charge is -2.24. The molecule has 0 heterocycles. The second kappa shape index (κ2) is 4.61. The van der Waals surface area contributed by atoms with E-state index in [1.165, 1.54) is 30.4 Å². The molecule has 1 N–H and O–H groups in total. The summed E-state index contributed by atoms with van der Waals surface area (Å²) in [5.74, 6) is 0.776. The van der Waals surface area contributed by atoms with Crippen molar-refractivity contribution in [2.45, 2.75) is 32.1 Å². The smallest absolute Gasteiger partial charge is 0.0434 e. The molecule has 0 radical (unpaired) electrons. The number of hydrogen-bond donors (Lipinski definition) is 1. The predicted octanol–water partition coefficient (Wildman–Crippen LogP) is 2.98. The molecule has 1 unspecified atom stereocenters. The Morgan fingerprint density at radius 3 is 3.21 bits per heavy atom. The second-order valence-corrected chi connectivity index (χ2v) is 4.16. The third kappa shape index (κ3) is 2.16. The molecule has 1 atom stereocenters. The summed E-state index contributed by atoms with van der Waals surface area (Å²) in [6, 6.07) is 0. The summed E-state index contributed by atoms with van der Waals surface area (Å²) < 4.78 is 0. The van der Waals surface area contributed by atoms with Gasteiger partial charge in [-0.3, -0.25) is 0 Å². The lowest BCUT2D eigenvalue weighted by molar-refractivity contribution is 0.288. The minimum Gasteiger partial charge on any atom is -0.396 e. The molecule has 0 spiro atoms. The first-order valence-corrected chi connectivity index (χ1v) is 5.58. The molecule has 76 valence electrons. The van der Waals surface area contributed by atoms with Crippen LogP contribution < -0.4 is 0 Å². The van der Waals surface area contributed by atoms with Gasteiger partial charge in [0.25, 0.3) is 0 Å². The van der Waals surface area contributed by atoms with E-state index in [4.69, 9.17) is 5.11 Å². The van der Waals surface area contributed by atoms with E-state index in [0.717, 1.165) is 18.8 Å². The van der Waals surface area contributed by atoms with Crippen molar-refractivity contribution >= 4 is 0 Å². The van der Waals surface area contributed by atoms with Crippen LogP contribution in [0, 0.1) is 5.92 Å². The molecule has 0 amide bonds. The summed E-state index contributed by atoms with van der Waals surface area (Å²) in [5, 5.41) is 8.77. The highest BCUT2D eigenvalue weighted by Gasteiger charge is 2.17. The molecule has 0 bridgehead atoms. The SMILES string of the molecule is OCCCC1=CCC2CCC=CC2=C1. The van der Waals surface area contributed by atoms with Crippen molar-refractivity contribution in [3.63, 3.8) is 0 Å². The van der Waals surface area contributed by atoms with Crippen molar-refractivity contribution in [2.75, 3.05) is 6.61 Å². The lowest BCUT2D eigenvalue weighted by Crippen LogP contribution is -2.09. The fourth-order valence-corrected chi connectivity index (χ4v) is 2.26. The van der Waals surface area contributed by atoms with Crippen molar-refractivity contribution in [1.29, 1.82) is 0 Å². The van der Waals surface area contributed by atoms with E-state index in [9.17, 15) is 0 Å². The first-order valence-electron chi connectivity index (χ1n) is 5.58. The molecule has 0 aromatic carbocycles. The molecule has 2 rings (SSSR count). The molecule has 0 saturated carbocycles. The van der Waals surface area contributed by atoms with Crippen molar-refractivity contribution in [2.24, 2.45) is 5.92 Å². The fraction of sp³-hybridized carbons (Fsp3) is 0.538. The highest BCUT2D eigenvalue weighted by atomic mass is 16.2. The zero-order valence-electron chi connectivity index (χ0n) is 8.58. The Hall–Kier alpha value is -0.820. The first kappa shape index (κ1) is 9.72. The van der Waals surface area contributed by atoms with Crippen LogP contribution >= 0.6 is 0 Å². The Labute approximate surface area is 85.8 Å². The minimum atomic E-state index is 0.305. The molecular formula is C13H18O. The molecule has 1 nitrogen and oxygen atoms in total. The molecule has 0 fully saturated rings. The molecule has 0 saturated heterocycles. The average molecular weight is 190 g/mol. The van der Waals surface area contributed by atoms with Crippen LogP contribution in [0.1, 0.15) is 32.1 Å². The van der Waals surface area contributed by atoms with E-state index in [-0.39, 0.29) is 0 Å².